The van der Waals surface area contributed by atoms with Gasteiger partial charge in [0.2, 0.25) is 0 Å². The number of nitriles is 1. The van der Waals surface area contributed by atoms with Gasteiger partial charge in [-0.2, -0.15) is 25.4 Å². The van der Waals surface area contributed by atoms with Crippen molar-refractivity contribution < 1.29 is 4.74 Å². The molecule has 0 saturated carbocycles. The van der Waals surface area contributed by atoms with Crippen LogP contribution in [0.25, 0.3) is 22.5 Å². The highest BCUT2D eigenvalue weighted by Crippen LogP contribution is 2.37. The van der Waals surface area contributed by atoms with Gasteiger partial charge in [0.05, 0.1) is 28.8 Å². The van der Waals surface area contributed by atoms with E-state index in [1.807, 2.05) is 26.0 Å². The molecule has 160 valence electrons. The number of ether oxygens (including phenoxy) is 1. The second-order valence-electron chi connectivity index (χ2n) is 7.86. The molecule has 32 heavy (non-hydrogen) atoms. The molecule has 0 spiro atoms. The Kier molecular flexibility index (Phi) is 4.41. The zero-order valence-corrected chi connectivity index (χ0v) is 18.2. The smallest absolute Gasteiger partial charge is 0.258 e. The van der Waals surface area contributed by atoms with E-state index in [1.54, 1.807) is 23.6 Å². The summed E-state index contributed by atoms with van der Waals surface area (Å²) < 4.78 is 7.73. The molecule has 0 fully saturated rings. The van der Waals surface area contributed by atoms with E-state index in [2.05, 4.69) is 37.4 Å². The SMILES string of the molecule is Cc1ccc2c(c1)[C@@H](C)Oc1nc(cnc1N)-c1c(nn(C)c1C#N)Cc1nn(C)nc1-2. The number of aryl methyl sites for hydroxylation is 3. The predicted molar refractivity (Wildman–Crippen MR) is 116 cm³/mol. The molecule has 1 aromatic carbocycles. The molecule has 1 aliphatic heterocycles. The molecule has 1 aliphatic rings. The van der Waals surface area contributed by atoms with E-state index in [4.69, 9.17) is 10.5 Å². The molecule has 2 N–H and O–H groups in total. The number of hydrogen-bond acceptors (Lipinski definition) is 8. The minimum atomic E-state index is -0.380. The van der Waals surface area contributed by atoms with Crippen LogP contribution in [0, 0.1) is 18.3 Å². The first kappa shape index (κ1) is 19.7. The molecule has 5 rings (SSSR count). The Morgan fingerprint density at radius 3 is 2.78 bits per heavy atom. The summed E-state index contributed by atoms with van der Waals surface area (Å²) in [7, 11) is 3.51. The number of anilines is 1. The summed E-state index contributed by atoms with van der Waals surface area (Å²) in [6.07, 6.45) is 1.53. The van der Waals surface area contributed by atoms with Crippen LogP contribution in [0.15, 0.2) is 24.4 Å². The Bertz CT molecular complexity index is 1410. The van der Waals surface area contributed by atoms with Gasteiger partial charge in [-0.05, 0) is 13.8 Å². The van der Waals surface area contributed by atoms with Crippen molar-refractivity contribution in [3.63, 3.8) is 0 Å². The average Bonchev–Trinajstić information content (AvgIpc) is 3.27. The van der Waals surface area contributed by atoms with Gasteiger partial charge in [-0.25, -0.2) is 9.97 Å². The lowest BCUT2D eigenvalue weighted by Gasteiger charge is -2.20. The van der Waals surface area contributed by atoms with Crippen molar-refractivity contribution in [3.8, 4) is 34.5 Å². The Labute approximate surface area is 184 Å². The normalized spacial score (nSPS) is 14.8. The molecular weight excluding hydrogens is 406 g/mol. The first-order chi connectivity index (χ1) is 15.4. The Morgan fingerprint density at radius 1 is 1.19 bits per heavy atom. The fourth-order valence-corrected chi connectivity index (χ4v) is 4.09. The van der Waals surface area contributed by atoms with Gasteiger partial charge >= 0.3 is 0 Å². The summed E-state index contributed by atoms with van der Waals surface area (Å²) in [6, 6.07) is 8.34. The molecule has 0 saturated heterocycles. The van der Waals surface area contributed by atoms with Crippen molar-refractivity contribution in [1.82, 2.24) is 34.7 Å². The monoisotopic (exact) mass is 427 g/mol. The Balaban J connectivity index is 1.84. The summed E-state index contributed by atoms with van der Waals surface area (Å²) in [4.78, 5) is 10.4. The van der Waals surface area contributed by atoms with Crippen molar-refractivity contribution in [2.75, 3.05) is 5.73 Å². The number of hydrogen-bond donors (Lipinski definition) is 1. The standard InChI is InChI=1S/C22H21N9O/c1-11-5-6-13-14(7-11)12(2)32-22-21(24)25-10-17(26-22)19-15(27-30(3)18(19)9-23)8-16-20(13)29-31(4)28-16/h5-7,10,12H,8H2,1-4H3,(H2,24,25)/t12-/m1/s1. The van der Waals surface area contributed by atoms with Crippen LogP contribution in [0.5, 0.6) is 5.88 Å². The molecule has 10 nitrogen and oxygen atoms in total. The van der Waals surface area contributed by atoms with E-state index in [9.17, 15) is 5.26 Å². The van der Waals surface area contributed by atoms with Crippen molar-refractivity contribution in [3.05, 3.63) is 52.6 Å². The molecule has 0 unspecified atom stereocenters. The third-order valence-electron chi connectivity index (χ3n) is 5.56. The van der Waals surface area contributed by atoms with Crippen LogP contribution in [0.1, 0.15) is 41.2 Å². The minimum Gasteiger partial charge on any atom is -0.467 e. The topological polar surface area (TPSA) is 133 Å². The average molecular weight is 427 g/mol. The van der Waals surface area contributed by atoms with Gasteiger partial charge in [-0.3, -0.25) is 4.68 Å². The number of aromatic nitrogens is 7. The summed E-state index contributed by atoms with van der Waals surface area (Å²) in [5.74, 6) is 0.386. The van der Waals surface area contributed by atoms with Gasteiger partial charge in [0.25, 0.3) is 5.88 Å². The number of benzene rings is 1. The van der Waals surface area contributed by atoms with E-state index < -0.39 is 0 Å². The largest absolute Gasteiger partial charge is 0.467 e. The van der Waals surface area contributed by atoms with Crippen LogP contribution in [-0.4, -0.2) is 34.7 Å². The molecule has 0 aliphatic carbocycles. The zero-order valence-electron chi connectivity index (χ0n) is 18.2. The first-order valence-electron chi connectivity index (χ1n) is 10.1. The molecule has 0 amide bonds. The van der Waals surface area contributed by atoms with Gasteiger partial charge in [-0.1, -0.05) is 23.8 Å². The third-order valence-corrected chi connectivity index (χ3v) is 5.56. The second kappa shape index (κ2) is 7.16. The Morgan fingerprint density at radius 2 is 2.00 bits per heavy atom. The lowest BCUT2D eigenvalue weighted by atomic mass is 9.95. The van der Waals surface area contributed by atoms with Crippen molar-refractivity contribution >= 4 is 5.82 Å². The molecule has 10 heteroatoms. The highest BCUT2D eigenvalue weighted by Gasteiger charge is 2.27. The maximum atomic E-state index is 9.79. The lowest BCUT2D eigenvalue weighted by Crippen LogP contribution is -2.11. The Hall–Kier alpha value is -4.26. The van der Waals surface area contributed by atoms with E-state index in [-0.39, 0.29) is 17.8 Å². The number of nitrogen functional groups attached to an aromatic ring is 1. The fourth-order valence-electron chi connectivity index (χ4n) is 4.09. The first-order valence-corrected chi connectivity index (χ1v) is 10.1. The highest BCUT2D eigenvalue weighted by molar-refractivity contribution is 5.72. The highest BCUT2D eigenvalue weighted by atomic mass is 16.5. The van der Waals surface area contributed by atoms with Gasteiger partial charge in [0.15, 0.2) is 5.82 Å². The van der Waals surface area contributed by atoms with Crippen LogP contribution < -0.4 is 10.5 Å². The van der Waals surface area contributed by atoms with Gasteiger partial charge < -0.3 is 10.5 Å². The molecular formula is C22H21N9O. The number of fused-ring (bicyclic) bond motifs is 7. The molecule has 0 radical (unpaired) electrons. The summed E-state index contributed by atoms with van der Waals surface area (Å²) in [5, 5.41) is 23.6. The predicted octanol–water partition coefficient (Wildman–Crippen LogP) is 2.48. The lowest BCUT2D eigenvalue weighted by molar-refractivity contribution is 0.219. The van der Waals surface area contributed by atoms with E-state index >= 15 is 0 Å². The van der Waals surface area contributed by atoms with Crippen LogP contribution >= 0.6 is 0 Å². The van der Waals surface area contributed by atoms with E-state index in [1.165, 1.54) is 6.20 Å². The van der Waals surface area contributed by atoms with Crippen LogP contribution in [0.2, 0.25) is 0 Å². The van der Waals surface area contributed by atoms with Crippen LogP contribution in [0.4, 0.5) is 5.82 Å². The number of nitrogens with zero attached hydrogens (tertiary/aromatic N) is 8. The van der Waals surface area contributed by atoms with Gasteiger partial charge in [0.1, 0.15) is 23.6 Å². The molecule has 4 aromatic rings. The van der Waals surface area contributed by atoms with Crippen LogP contribution in [0.3, 0.4) is 0 Å². The quantitative estimate of drug-likeness (QED) is 0.452. The van der Waals surface area contributed by atoms with E-state index in [0.29, 0.717) is 29.1 Å². The number of nitrogens with two attached hydrogens (primary N) is 1. The maximum Gasteiger partial charge on any atom is 0.258 e. The fraction of sp³-hybridized carbons (Fsp3) is 0.273. The van der Waals surface area contributed by atoms with Crippen molar-refractivity contribution in [1.29, 1.82) is 5.26 Å². The minimum absolute atomic E-state index is 0.177. The second-order valence-corrected chi connectivity index (χ2v) is 7.86. The summed E-state index contributed by atoms with van der Waals surface area (Å²) in [6.45, 7) is 3.96. The molecule has 3 aromatic heterocycles. The third kappa shape index (κ3) is 3.06. The molecule has 2 bridgehead atoms. The van der Waals surface area contributed by atoms with Gasteiger partial charge in [-0.15, -0.1) is 0 Å². The van der Waals surface area contributed by atoms with Crippen molar-refractivity contribution in [2.45, 2.75) is 26.4 Å². The molecule has 4 heterocycles. The van der Waals surface area contributed by atoms with Crippen LogP contribution in [-0.2, 0) is 20.5 Å². The van der Waals surface area contributed by atoms with E-state index in [0.717, 1.165) is 28.1 Å². The zero-order chi connectivity index (χ0) is 22.6. The summed E-state index contributed by atoms with van der Waals surface area (Å²) >= 11 is 0. The molecule has 1 atom stereocenters. The van der Waals surface area contributed by atoms with Gasteiger partial charge in [0, 0.05) is 31.6 Å². The number of rotatable bonds is 0. The van der Waals surface area contributed by atoms with Crippen molar-refractivity contribution in [2.24, 2.45) is 14.1 Å². The summed E-state index contributed by atoms with van der Waals surface area (Å²) in [5.41, 5.74) is 12.6. The maximum absolute atomic E-state index is 9.79.